The van der Waals surface area contributed by atoms with Gasteiger partial charge in [-0.2, -0.15) is 0 Å². The first kappa shape index (κ1) is 25.1. The molecule has 5 aromatic rings. The number of carbonyl (C=O) groups excluding carboxylic acids is 1. The number of benzene rings is 4. The van der Waals surface area contributed by atoms with Gasteiger partial charge in [-0.1, -0.05) is 45.0 Å². The normalized spacial score (nSPS) is 11.4. The third-order valence-corrected chi connectivity index (χ3v) is 6.52. The number of rotatable bonds is 6. The zero-order valence-corrected chi connectivity index (χ0v) is 22.2. The molecule has 0 radical (unpaired) electrons. The van der Waals surface area contributed by atoms with Crippen molar-refractivity contribution in [3.05, 3.63) is 96.2 Å². The van der Waals surface area contributed by atoms with Crippen LogP contribution in [0.1, 0.15) is 36.7 Å². The van der Waals surface area contributed by atoms with E-state index >= 15 is 0 Å². The van der Waals surface area contributed by atoms with Gasteiger partial charge in [-0.25, -0.2) is 0 Å². The molecule has 1 aromatic heterocycles. The molecule has 0 atom stereocenters. The molecule has 0 saturated carbocycles. The Kier molecular flexibility index (Phi) is 6.64. The third-order valence-electron chi connectivity index (χ3n) is 6.52. The zero-order chi connectivity index (χ0) is 26.9. The zero-order valence-electron chi connectivity index (χ0n) is 22.2. The number of fused-ring (bicyclic) bond motifs is 2. The summed E-state index contributed by atoms with van der Waals surface area (Å²) in [5.41, 5.74) is 3.34. The second-order valence-electron chi connectivity index (χ2n) is 10.1. The maximum absolute atomic E-state index is 13.0. The summed E-state index contributed by atoms with van der Waals surface area (Å²) >= 11 is 0. The summed E-state index contributed by atoms with van der Waals surface area (Å²) in [6.45, 7) is 6.50. The van der Waals surface area contributed by atoms with Crippen LogP contribution in [0.4, 0.5) is 5.69 Å². The highest BCUT2D eigenvalue weighted by Crippen LogP contribution is 2.37. The van der Waals surface area contributed by atoms with Crippen LogP contribution in [0, 0.1) is 0 Å². The third kappa shape index (κ3) is 5.11. The molecule has 6 nitrogen and oxygen atoms in total. The van der Waals surface area contributed by atoms with E-state index in [-0.39, 0.29) is 11.3 Å². The summed E-state index contributed by atoms with van der Waals surface area (Å²) in [5.74, 6) is 2.33. The van der Waals surface area contributed by atoms with Crippen LogP contribution in [-0.4, -0.2) is 25.1 Å². The van der Waals surface area contributed by atoms with Gasteiger partial charge in [0.15, 0.2) is 11.5 Å². The van der Waals surface area contributed by atoms with Gasteiger partial charge in [0.05, 0.1) is 19.7 Å². The van der Waals surface area contributed by atoms with Crippen molar-refractivity contribution in [1.29, 1.82) is 0 Å². The van der Waals surface area contributed by atoms with Crippen molar-refractivity contribution in [2.75, 3.05) is 19.5 Å². The highest BCUT2D eigenvalue weighted by molar-refractivity contribution is 6.06. The number of anilines is 1. The van der Waals surface area contributed by atoms with Crippen LogP contribution >= 0.6 is 0 Å². The summed E-state index contributed by atoms with van der Waals surface area (Å²) in [4.78, 5) is 17.4. The van der Waals surface area contributed by atoms with Crippen LogP contribution in [0.3, 0.4) is 0 Å². The molecular formula is C32H30N2O4. The monoisotopic (exact) mass is 506 g/mol. The Morgan fingerprint density at radius 3 is 2.18 bits per heavy atom. The fraction of sp³-hybridized carbons (Fsp3) is 0.188. The second kappa shape index (κ2) is 10.1. The van der Waals surface area contributed by atoms with Crippen LogP contribution < -0.4 is 19.5 Å². The summed E-state index contributed by atoms with van der Waals surface area (Å²) in [5, 5.41) is 5.71. The fourth-order valence-corrected chi connectivity index (χ4v) is 4.35. The van der Waals surface area contributed by atoms with Gasteiger partial charge in [0.1, 0.15) is 11.5 Å². The van der Waals surface area contributed by atoms with Crippen molar-refractivity contribution in [2.45, 2.75) is 26.2 Å². The molecule has 0 aliphatic heterocycles. The van der Waals surface area contributed by atoms with Crippen molar-refractivity contribution in [2.24, 2.45) is 0 Å². The van der Waals surface area contributed by atoms with E-state index in [0.29, 0.717) is 28.6 Å². The Hall–Kier alpha value is -4.58. The molecule has 0 saturated heterocycles. The standard InChI is InChI=1S/C32H30N2O4/c1-32(2,3)23-9-11-24(12-10-23)34-31(35)21-7-6-20-8-13-25(17-22(20)16-21)38-28-14-15-33-27-19-30(37-5)29(36-4)18-26(27)28/h6-19H,1-5H3,(H,34,35). The Bertz CT molecular complexity index is 1640. The molecule has 1 amide bonds. The molecular weight excluding hydrogens is 476 g/mol. The minimum atomic E-state index is -0.164. The maximum Gasteiger partial charge on any atom is 0.255 e. The molecule has 5 rings (SSSR count). The highest BCUT2D eigenvalue weighted by atomic mass is 16.5. The molecule has 0 bridgehead atoms. The van der Waals surface area contributed by atoms with Crippen molar-refractivity contribution in [1.82, 2.24) is 4.98 Å². The molecule has 0 unspecified atom stereocenters. The molecule has 6 heteroatoms. The van der Waals surface area contributed by atoms with Crippen molar-refractivity contribution in [3.8, 4) is 23.0 Å². The fourth-order valence-electron chi connectivity index (χ4n) is 4.35. The lowest BCUT2D eigenvalue weighted by Crippen LogP contribution is -2.13. The predicted molar refractivity (Wildman–Crippen MR) is 152 cm³/mol. The van der Waals surface area contributed by atoms with E-state index in [4.69, 9.17) is 14.2 Å². The van der Waals surface area contributed by atoms with E-state index in [1.165, 1.54) is 5.56 Å². The number of amides is 1. The molecule has 0 aliphatic rings. The van der Waals surface area contributed by atoms with E-state index in [1.807, 2.05) is 78.9 Å². The van der Waals surface area contributed by atoms with E-state index in [2.05, 4.69) is 31.1 Å². The Morgan fingerprint density at radius 1 is 0.763 bits per heavy atom. The Labute approximate surface area is 222 Å². The first-order valence-corrected chi connectivity index (χ1v) is 12.4. The second-order valence-corrected chi connectivity index (χ2v) is 10.1. The summed E-state index contributed by atoms with van der Waals surface area (Å²) < 4.78 is 17.1. The van der Waals surface area contributed by atoms with Gasteiger partial charge in [0.2, 0.25) is 0 Å². The first-order valence-electron chi connectivity index (χ1n) is 12.4. The average molecular weight is 507 g/mol. The van der Waals surface area contributed by atoms with E-state index in [1.54, 1.807) is 20.4 Å². The number of hydrogen-bond donors (Lipinski definition) is 1. The SMILES string of the molecule is COc1cc2nccc(Oc3ccc4ccc(C(=O)Nc5ccc(C(C)(C)C)cc5)cc4c3)c2cc1OC. The topological polar surface area (TPSA) is 69.7 Å². The Balaban J connectivity index is 1.40. The smallest absolute Gasteiger partial charge is 0.255 e. The molecule has 192 valence electrons. The van der Waals surface area contributed by atoms with Crippen molar-refractivity contribution in [3.63, 3.8) is 0 Å². The molecule has 38 heavy (non-hydrogen) atoms. The van der Waals surface area contributed by atoms with E-state index in [9.17, 15) is 4.79 Å². The average Bonchev–Trinajstić information content (AvgIpc) is 2.91. The van der Waals surface area contributed by atoms with Crippen molar-refractivity contribution < 1.29 is 19.0 Å². The van der Waals surface area contributed by atoms with Crippen LogP contribution in [-0.2, 0) is 5.41 Å². The van der Waals surface area contributed by atoms with Gasteiger partial charge < -0.3 is 19.5 Å². The van der Waals surface area contributed by atoms with Gasteiger partial charge in [0, 0.05) is 28.9 Å². The molecule has 0 spiro atoms. The number of carbonyl (C=O) groups is 1. The number of hydrogen-bond acceptors (Lipinski definition) is 5. The molecule has 1 N–H and O–H groups in total. The quantitative estimate of drug-likeness (QED) is 0.255. The van der Waals surface area contributed by atoms with Gasteiger partial charge in [0.25, 0.3) is 5.91 Å². The van der Waals surface area contributed by atoms with Gasteiger partial charge in [-0.3, -0.25) is 9.78 Å². The minimum absolute atomic E-state index is 0.0577. The van der Waals surface area contributed by atoms with Crippen LogP contribution in [0.5, 0.6) is 23.0 Å². The lowest BCUT2D eigenvalue weighted by molar-refractivity contribution is 0.102. The van der Waals surface area contributed by atoms with Crippen LogP contribution in [0.25, 0.3) is 21.7 Å². The summed E-state index contributed by atoms with van der Waals surface area (Å²) in [7, 11) is 3.19. The molecule has 0 fully saturated rings. The maximum atomic E-state index is 13.0. The number of aromatic nitrogens is 1. The van der Waals surface area contributed by atoms with Crippen molar-refractivity contribution >= 4 is 33.3 Å². The number of pyridine rings is 1. The van der Waals surface area contributed by atoms with Gasteiger partial charge in [-0.05, 0) is 70.3 Å². The van der Waals surface area contributed by atoms with Gasteiger partial charge >= 0.3 is 0 Å². The minimum Gasteiger partial charge on any atom is -0.493 e. The highest BCUT2D eigenvalue weighted by Gasteiger charge is 2.15. The summed E-state index contributed by atoms with van der Waals surface area (Å²) in [6.07, 6.45) is 1.70. The number of methoxy groups -OCH3 is 2. The Morgan fingerprint density at radius 2 is 1.47 bits per heavy atom. The van der Waals surface area contributed by atoms with E-state index in [0.717, 1.165) is 27.4 Å². The first-order chi connectivity index (χ1) is 18.2. The van der Waals surface area contributed by atoms with Crippen LogP contribution in [0.15, 0.2) is 85.1 Å². The molecule has 0 aliphatic carbocycles. The number of nitrogens with zero attached hydrogens (tertiary/aromatic N) is 1. The van der Waals surface area contributed by atoms with Gasteiger partial charge in [-0.15, -0.1) is 0 Å². The van der Waals surface area contributed by atoms with E-state index < -0.39 is 0 Å². The number of ether oxygens (including phenoxy) is 3. The predicted octanol–water partition coefficient (Wildman–Crippen LogP) is 7.75. The molecule has 1 heterocycles. The van der Waals surface area contributed by atoms with Crippen LogP contribution in [0.2, 0.25) is 0 Å². The number of nitrogens with one attached hydrogen (secondary N) is 1. The molecule has 4 aromatic carbocycles. The largest absolute Gasteiger partial charge is 0.493 e. The lowest BCUT2D eigenvalue weighted by Gasteiger charge is -2.19. The summed E-state index contributed by atoms with van der Waals surface area (Å²) in [6, 6.07) is 24.9. The lowest BCUT2D eigenvalue weighted by atomic mass is 9.87.